The summed E-state index contributed by atoms with van der Waals surface area (Å²) >= 11 is 0. The number of nitrogens with one attached hydrogen (secondary N) is 1. The fourth-order valence-corrected chi connectivity index (χ4v) is 4.35. The fourth-order valence-electron chi connectivity index (χ4n) is 3.43. The number of fused-ring (bicyclic) bond motifs is 1. The molecule has 2 aromatic rings. The number of ether oxygens (including phenoxy) is 4. The van der Waals surface area contributed by atoms with Crippen LogP contribution in [-0.2, 0) is 46.7 Å². The molecule has 1 aliphatic rings. The summed E-state index contributed by atoms with van der Waals surface area (Å²) in [6.07, 6.45) is -4.89. The summed E-state index contributed by atoms with van der Waals surface area (Å²) in [4.78, 5) is 46.4. The third kappa shape index (κ3) is 7.31. The van der Waals surface area contributed by atoms with Gasteiger partial charge in [0, 0.05) is 7.11 Å². The minimum Gasteiger partial charge on any atom is -0.437 e. The van der Waals surface area contributed by atoms with Gasteiger partial charge in [-0.15, -0.1) is 0 Å². The number of hydrogen-bond acceptors (Lipinski definition) is 15. The predicted molar refractivity (Wildman–Crippen MR) is 140 cm³/mol. The average Bonchev–Trinajstić information content (AvgIpc) is 3.41. The van der Waals surface area contributed by atoms with E-state index >= 15 is 4.39 Å². The quantitative estimate of drug-likeness (QED) is 0.183. The highest BCUT2D eigenvalue weighted by Gasteiger charge is 2.58. The maximum absolute atomic E-state index is 15.4. The standard InChI is InChI=1S/C23H35FN5O12P/c1-21(2,3)18(32)36-10-39-42(34,40-11-37-19(33)22(4,5)6)38-8-23(35-7)14(30)12(24)17(41-23)29-9-26-13-15(29)27-20(25)28-16(13)31/h9,12,14,17,30H,8,10-11H2,1-7H3,(H3,25,27,28,31). The smallest absolute Gasteiger partial charge is 0.437 e. The molecule has 0 aliphatic carbocycles. The lowest BCUT2D eigenvalue weighted by Crippen LogP contribution is -2.47. The van der Waals surface area contributed by atoms with Crippen molar-refractivity contribution in [2.45, 2.75) is 65.8 Å². The molecule has 0 radical (unpaired) electrons. The highest BCUT2D eigenvalue weighted by Crippen LogP contribution is 2.52. The molecular formula is C23H35FN5O12P. The van der Waals surface area contributed by atoms with E-state index in [1.54, 1.807) is 41.5 Å². The number of methoxy groups -OCH3 is 1. The number of phosphoric ester groups is 1. The van der Waals surface area contributed by atoms with E-state index in [4.69, 9.17) is 38.3 Å². The molecule has 4 atom stereocenters. The number of nitrogen functional groups attached to an aromatic ring is 1. The number of aliphatic hydroxyl groups is 1. The van der Waals surface area contributed by atoms with Crippen LogP contribution in [0.2, 0.25) is 0 Å². The van der Waals surface area contributed by atoms with Gasteiger partial charge in [-0.05, 0) is 41.5 Å². The molecule has 0 amide bonds. The second-order valence-electron chi connectivity index (χ2n) is 11.3. The van der Waals surface area contributed by atoms with Crippen LogP contribution in [0.4, 0.5) is 10.3 Å². The van der Waals surface area contributed by atoms with E-state index in [0.717, 1.165) is 18.0 Å². The molecule has 2 aromatic heterocycles. The van der Waals surface area contributed by atoms with Crippen molar-refractivity contribution in [3.8, 4) is 0 Å². The van der Waals surface area contributed by atoms with Gasteiger partial charge in [-0.2, -0.15) is 4.98 Å². The molecule has 3 heterocycles. The topological polar surface area (TPSA) is 226 Å². The Morgan fingerprint density at radius 2 is 1.69 bits per heavy atom. The summed E-state index contributed by atoms with van der Waals surface area (Å²) in [6, 6.07) is 0. The number of rotatable bonds is 11. The molecule has 0 saturated carbocycles. The van der Waals surface area contributed by atoms with E-state index in [9.17, 15) is 24.1 Å². The first kappa shape index (κ1) is 33.5. The van der Waals surface area contributed by atoms with Crippen LogP contribution in [0.15, 0.2) is 11.1 Å². The van der Waals surface area contributed by atoms with Gasteiger partial charge in [-0.3, -0.25) is 28.5 Å². The molecule has 1 aliphatic heterocycles. The first-order valence-corrected chi connectivity index (χ1v) is 14.0. The van der Waals surface area contributed by atoms with Gasteiger partial charge in [0.25, 0.3) is 5.56 Å². The van der Waals surface area contributed by atoms with Gasteiger partial charge in [-0.1, -0.05) is 0 Å². The number of anilines is 1. The van der Waals surface area contributed by atoms with Gasteiger partial charge < -0.3 is 29.8 Å². The highest BCUT2D eigenvalue weighted by molar-refractivity contribution is 7.48. The number of alkyl halides is 1. The third-order valence-corrected chi connectivity index (χ3v) is 7.15. The summed E-state index contributed by atoms with van der Waals surface area (Å²) < 4.78 is 66.1. The molecule has 0 bridgehead atoms. The summed E-state index contributed by atoms with van der Waals surface area (Å²) in [5, 5.41) is 10.8. The van der Waals surface area contributed by atoms with Gasteiger partial charge in [0.15, 0.2) is 23.6 Å². The maximum Gasteiger partial charge on any atom is 0.480 e. The van der Waals surface area contributed by atoms with Crippen LogP contribution in [0.25, 0.3) is 11.2 Å². The van der Waals surface area contributed by atoms with Crippen LogP contribution in [-0.4, -0.2) is 81.9 Å². The Morgan fingerprint density at radius 1 is 1.14 bits per heavy atom. The van der Waals surface area contributed by atoms with Gasteiger partial charge in [0.2, 0.25) is 25.3 Å². The summed E-state index contributed by atoms with van der Waals surface area (Å²) in [5.74, 6) is -4.01. The van der Waals surface area contributed by atoms with Crippen LogP contribution in [0.5, 0.6) is 0 Å². The van der Waals surface area contributed by atoms with Crippen molar-refractivity contribution in [2.24, 2.45) is 10.8 Å². The monoisotopic (exact) mass is 623 g/mol. The normalized spacial score (nSPS) is 23.3. The third-order valence-electron chi connectivity index (χ3n) is 5.87. The number of hydrogen-bond donors (Lipinski definition) is 3. The Bertz CT molecular complexity index is 1370. The zero-order chi connectivity index (χ0) is 31.7. The van der Waals surface area contributed by atoms with Crippen molar-refractivity contribution >= 4 is 36.9 Å². The first-order chi connectivity index (χ1) is 19.3. The Kier molecular flexibility index (Phi) is 9.83. The second-order valence-corrected chi connectivity index (χ2v) is 12.9. The molecular weight excluding hydrogens is 588 g/mol. The van der Waals surface area contributed by atoms with E-state index in [0.29, 0.717) is 0 Å². The van der Waals surface area contributed by atoms with Crippen molar-refractivity contribution in [2.75, 3.05) is 33.0 Å². The van der Waals surface area contributed by atoms with Crippen LogP contribution < -0.4 is 11.3 Å². The largest absolute Gasteiger partial charge is 0.480 e. The molecule has 4 unspecified atom stereocenters. The zero-order valence-electron chi connectivity index (χ0n) is 24.1. The Morgan fingerprint density at radius 3 is 2.19 bits per heavy atom. The molecule has 42 heavy (non-hydrogen) atoms. The summed E-state index contributed by atoms with van der Waals surface area (Å²) in [7, 11) is -3.71. The van der Waals surface area contributed by atoms with Gasteiger partial charge in [-0.25, -0.2) is 23.0 Å². The van der Waals surface area contributed by atoms with E-state index in [-0.39, 0.29) is 17.1 Å². The van der Waals surface area contributed by atoms with Crippen molar-refractivity contribution in [3.63, 3.8) is 0 Å². The molecule has 0 aromatic carbocycles. The van der Waals surface area contributed by atoms with Gasteiger partial charge in [0.05, 0.1) is 17.2 Å². The number of esters is 2. The number of phosphoric acid groups is 1. The minimum atomic E-state index is -4.76. The van der Waals surface area contributed by atoms with E-state index in [1.807, 2.05) is 0 Å². The van der Waals surface area contributed by atoms with Gasteiger partial charge >= 0.3 is 19.8 Å². The van der Waals surface area contributed by atoms with Crippen molar-refractivity contribution in [1.82, 2.24) is 19.5 Å². The van der Waals surface area contributed by atoms with Crippen LogP contribution in [0.3, 0.4) is 0 Å². The number of nitrogens with two attached hydrogens (primary N) is 1. The molecule has 0 spiro atoms. The number of aromatic amines is 1. The molecule has 3 rings (SSSR count). The number of halogens is 1. The number of nitrogens with zero attached hydrogens (tertiary/aromatic N) is 3. The number of imidazole rings is 1. The maximum atomic E-state index is 15.4. The highest BCUT2D eigenvalue weighted by atomic mass is 31.2. The van der Waals surface area contributed by atoms with Crippen molar-refractivity contribution in [3.05, 3.63) is 16.7 Å². The lowest BCUT2D eigenvalue weighted by Gasteiger charge is -2.31. The molecule has 1 fully saturated rings. The van der Waals surface area contributed by atoms with Crippen LogP contribution in [0.1, 0.15) is 47.8 Å². The lowest BCUT2D eigenvalue weighted by molar-refractivity contribution is -0.267. The number of aliphatic hydroxyl groups excluding tert-OH is 1. The Hall–Kier alpha value is -2.99. The SMILES string of the molecule is COC1(COP(=O)(OCOC(=O)C(C)(C)C)OCOC(=O)C(C)(C)C)OC(n2cnc3c(=O)[nH]c(N)nc32)C(F)C1O. The van der Waals surface area contributed by atoms with Crippen molar-refractivity contribution in [1.29, 1.82) is 0 Å². The van der Waals surface area contributed by atoms with E-state index in [1.165, 1.54) is 0 Å². The number of H-pyrrole nitrogens is 1. The Balaban J connectivity index is 1.81. The van der Waals surface area contributed by atoms with Gasteiger partial charge in [0.1, 0.15) is 12.7 Å². The molecule has 19 heteroatoms. The first-order valence-electron chi connectivity index (χ1n) is 12.5. The minimum absolute atomic E-state index is 0.150. The Labute approximate surface area is 239 Å². The average molecular weight is 624 g/mol. The molecule has 17 nitrogen and oxygen atoms in total. The van der Waals surface area contributed by atoms with Crippen LogP contribution >= 0.6 is 7.82 Å². The lowest BCUT2D eigenvalue weighted by atomic mass is 9.98. The summed E-state index contributed by atoms with van der Waals surface area (Å²) in [6.45, 7) is 6.66. The van der Waals surface area contributed by atoms with Crippen molar-refractivity contribution < 1.29 is 56.2 Å². The number of carbonyl (C=O) groups is 2. The van der Waals surface area contributed by atoms with Crippen LogP contribution in [0, 0.1) is 10.8 Å². The second kappa shape index (κ2) is 12.3. The number of aromatic nitrogens is 4. The zero-order valence-corrected chi connectivity index (χ0v) is 25.0. The van der Waals surface area contributed by atoms with E-state index in [2.05, 4.69) is 15.0 Å². The fraction of sp³-hybridized carbons (Fsp3) is 0.696. The molecule has 1 saturated heterocycles. The summed E-state index contributed by atoms with van der Waals surface area (Å²) in [5.41, 5.74) is 2.72. The predicted octanol–water partition coefficient (Wildman–Crippen LogP) is 1.52. The molecule has 4 N–H and O–H groups in total. The van der Waals surface area contributed by atoms with E-state index < -0.39 is 80.6 Å². The number of carbonyl (C=O) groups excluding carboxylic acids is 2. The molecule has 236 valence electrons.